The second-order valence-electron chi connectivity index (χ2n) is 4.27. The molecule has 1 unspecified atom stereocenters. The van der Waals surface area contributed by atoms with Gasteiger partial charge in [-0.05, 0) is 26.2 Å². The molecule has 1 fully saturated rings. The van der Waals surface area contributed by atoms with Crippen LogP contribution in [0, 0.1) is 17.2 Å². The smallest absolute Gasteiger partial charge is 0.165 e. The van der Waals surface area contributed by atoms with Gasteiger partial charge in [0.2, 0.25) is 0 Å². The highest BCUT2D eigenvalue weighted by Gasteiger charge is 2.31. The minimum absolute atomic E-state index is 0.264. The van der Waals surface area contributed by atoms with Crippen molar-refractivity contribution in [1.29, 1.82) is 5.26 Å². The summed E-state index contributed by atoms with van der Waals surface area (Å²) in [6.07, 6.45) is 2.26. The van der Waals surface area contributed by atoms with Crippen LogP contribution in [0.1, 0.15) is 33.1 Å². The van der Waals surface area contributed by atoms with Crippen LogP contribution < -0.4 is 0 Å². The standard InChI is InChI=1S/C12H19NO2/c1-10(2)11(5-7-13)4-6-12(3)14-8-9-15-12/h11H,1,4-6,8-9H2,2-3H3. The van der Waals surface area contributed by atoms with E-state index in [0.717, 1.165) is 18.4 Å². The summed E-state index contributed by atoms with van der Waals surface area (Å²) in [4.78, 5) is 0. The van der Waals surface area contributed by atoms with E-state index in [1.165, 1.54) is 0 Å². The lowest BCUT2D eigenvalue weighted by Gasteiger charge is -2.24. The lowest BCUT2D eigenvalue weighted by molar-refractivity contribution is -0.148. The predicted octanol–water partition coefficient (Wildman–Crippen LogP) is 2.64. The lowest BCUT2D eigenvalue weighted by atomic mass is 9.91. The molecule has 1 heterocycles. The van der Waals surface area contributed by atoms with Gasteiger partial charge in [-0.15, -0.1) is 0 Å². The highest BCUT2D eigenvalue weighted by Crippen LogP contribution is 2.29. The average Bonchev–Trinajstić information content (AvgIpc) is 2.60. The van der Waals surface area contributed by atoms with Crippen molar-refractivity contribution >= 4 is 0 Å². The molecule has 0 amide bonds. The third-order valence-corrected chi connectivity index (χ3v) is 2.88. The van der Waals surface area contributed by atoms with Crippen molar-refractivity contribution in [3.63, 3.8) is 0 Å². The molecule has 0 saturated carbocycles. The van der Waals surface area contributed by atoms with Crippen molar-refractivity contribution in [2.45, 2.75) is 38.9 Å². The summed E-state index contributed by atoms with van der Waals surface area (Å²) in [6, 6.07) is 2.19. The van der Waals surface area contributed by atoms with Crippen molar-refractivity contribution in [2.75, 3.05) is 13.2 Å². The molecule has 0 aromatic heterocycles. The molecule has 15 heavy (non-hydrogen) atoms. The van der Waals surface area contributed by atoms with Crippen LogP contribution in [-0.4, -0.2) is 19.0 Å². The summed E-state index contributed by atoms with van der Waals surface area (Å²) in [5, 5.41) is 8.69. The third kappa shape index (κ3) is 3.65. The fourth-order valence-corrected chi connectivity index (χ4v) is 1.77. The molecule has 3 heteroatoms. The first-order valence-corrected chi connectivity index (χ1v) is 5.38. The first kappa shape index (κ1) is 12.2. The van der Waals surface area contributed by atoms with Gasteiger partial charge in [-0.1, -0.05) is 12.2 Å². The molecule has 3 nitrogen and oxygen atoms in total. The molecule has 0 radical (unpaired) electrons. The maximum absolute atomic E-state index is 8.69. The Bertz CT molecular complexity index is 261. The van der Waals surface area contributed by atoms with Gasteiger partial charge >= 0.3 is 0 Å². The molecule has 1 aliphatic rings. The maximum atomic E-state index is 8.69. The van der Waals surface area contributed by atoms with E-state index in [2.05, 4.69) is 12.6 Å². The summed E-state index contributed by atoms with van der Waals surface area (Å²) < 4.78 is 11.0. The van der Waals surface area contributed by atoms with Crippen molar-refractivity contribution in [1.82, 2.24) is 0 Å². The monoisotopic (exact) mass is 209 g/mol. The van der Waals surface area contributed by atoms with E-state index in [1.807, 2.05) is 13.8 Å². The molecule has 0 bridgehead atoms. The van der Waals surface area contributed by atoms with Crippen molar-refractivity contribution < 1.29 is 9.47 Å². The number of hydrogen-bond donors (Lipinski definition) is 0. The van der Waals surface area contributed by atoms with E-state index < -0.39 is 5.79 Å². The molecule has 0 aromatic carbocycles. The zero-order chi connectivity index (χ0) is 11.3. The van der Waals surface area contributed by atoms with Crippen LogP contribution in [0.2, 0.25) is 0 Å². The predicted molar refractivity (Wildman–Crippen MR) is 58.1 cm³/mol. The van der Waals surface area contributed by atoms with Gasteiger partial charge in [0.1, 0.15) is 0 Å². The highest BCUT2D eigenvalue weighted by molar-refractivity contribution is 5.00. The summed E-state index contributed by atoms with van der Waals surface area (Å²) in [6.45, 7) is 9.19. The molecule has 0 aromatic rings. The van der Waals surface area contributed by atoms with E-state index in [1.54, 1.807) is 0 Å². The minimum Gasteiger partial charge on any atom is -0.348 e. The first-order chi connectivity index (χ1) is 7.07. The first-order valence-electron chi connectivity index (χ1n) is 5.38. The zero-order valence-electron chi connectivity index (χ0n) is 9.58. The zero-order valence-corrected chi connectivity index (χ0v) is 9.58. The second kappa shape index (κ2) is 5.29. The fraction of sp³-hybridized carbons (Fsp3) is 0.750. The number of rotatable bonds is 5. The Labute approximate surface area is 91.7 Å². The molecule has 0 N–H and O–H groups in total. The van der Waals surface area contributed by atoms with Gasteiger partial charge in [0, 0.05) is 12.8 Å². The average molecular weight is 209 g/mol. The number of nitrogens with zero attached hydrogens (tertiary/aromatic N) is 1. The van der Waals surface area contributed by atoms with E-state index in [9.17, 15) is 0 Å². The fourth-order valence-electron chi connectivity index (χ4n) is 1.77. The van der Waals surface area contributed by atoms with Crippen molar-refractivity contribution in [3.8, 4) is 6.07 Å². The molecule has 0 aliphatic carbocycles. The Morgan fingerprint density at radius 3 is 2.60 bits per heavy atom. The van der Waals surface area contributed by atoms with Crippen LogP contribution in [0.3, 0.4) is 0 Å². The van der Waals surface area contributed by atoms with Gasteiger partial charge in [-0.2, -0.15) is 5.26 Å². The summed E-state index contributed by atoms with van der Waals surface area (Å²) in [7, 11) is 0. The Morgan fingerprint density at radius 1 is 1.53 bits per heavy atom. The Kier molecular flexibility index (Phi) is 4.31. The van der Waals surface area contributed by atoms with Gasteiger partial charge < -0.3 is 9.47 Å². The van der Waals surface area contributed by atoms with Crippen LogP contribution in [0.4, 0.5) is 0 Å². The second-order valence-corrected chi connectivity index (χ2v) is 4.27. The highest BCUT2D eigenvalue weighted by atomic mass is 16.7. The van der Waals surface area contributed by atoms with Crippen LogP contribution in [0.25, 0.3) is 0 Å². The van der Waals surface area contributed by atoms with Gasteiger partial charge in [-0.25, -0.2) is 0 Å². The minimum atomic E-state index is -0.441. The Morgan fingerprint density at radius 2 is 2.13 bits per heavy atom. The summed E-state index contributed by atoms with van der Waals surface area (Å²) in [5.74, 6) is -0.178. The number of hydrogen-bond acceptors (Lipinski definition) is 3. The molecular formula is C12H19NO2. The molecule has 1 aliphatic heterocycles. The van der Waals surface area contributed by atoms with E-state index in [-0.39, 0.29) is 5.92 Å². The summed E-state index contributed by atoms with van der Waals surface area (Å²) in [5.41, 5.74) is 1.07. The maximum Gasteiger partial charge on any atom is 0.165 e. The topological polar surface area (TPSA) is 42.2 Å². The Balaban J connectivity index is 2.39. The number of nitriles is 1. The van der Waals surface area contributed by atoms with Crippen LogP contribution in [0.5, 0.6) is 0 Å². The Hall–Kier alpha value is -0.850. The molecular weight excluding hydrogens is 190 g/mol. The molecule has 0 spiro atoms. The van der Waals surface area contributed by atoms with Crippen LogP contribution in [-0.2, 0) is 9.47 Å². The third-order valence-electron chi connectivity index (χ3n) is 2.88. The summed E-state index contributed by atoms with van der Waals surface area (Å²) >= 11 is 0. The van der Waals surface area contributed by atoms with Crippen molar-refractivity contribution in [3.05, 3.63) is 12.2 Å². The molecule has 1 rings (SSSR count). The van der Waals surface area contributed by atoms with E-state index in [4.69, 9.17) is 14.7 Å². The molecule has 84 valence electrons. The lowest BCUT2D eigenvalue weighted by Crippen LogP contribution is -2.26. The van der Waals surface area contributed by atoms with Gasteiger partial charge in [0.25, 0.3) is 0 Å². The van der Waals surface area contributed by atoms with Gasteiger partial charge in [0.15, 0.2) is 5.79 Å². The number of ether oxygens (including phenoxy) is 2. The largest absolute Gasteiger partial charge is 0.348 e. The quantitative estimate of drug-likeness (QED) is 0.654. The van der Waals surface area contributed by atoms with E-state index in [0.29, 0.717) is 19.6 Å². The van der Waals surface area contributed by atoms with Crippen LogP contribution in [0.15, 0.2) is 12.2 Å². The van der Waals surface area contributed by atoms with Gasteiger partial charge in [0.05, 0.1) is 19.3 Å². The van der Waals surface area contributed by atoms with Gasteiger partial charge in [-0.3, -0.25) is 0 Å². The van der Waals surface area contributed by atoms with Crippen molar-refractivity contribution in [2.24, 2.45) is 5.92 Å². The molecule has 1 atom stereocenters. The van der Waals surface area contributed by atoms with E-state index >= 15 is 0 Å². The SMILES string of the molecule is C=C(C)C(CC#N)CCC1(C)OCCO1. The molecule has 1 saturated heterocycles. The normalized spacial score (nSPS) is 20.9. The number of allylic oxidation sites excluding steroid dienone is 1. The van der Waals surface area contributed by atoms with Crippen LogP contribution >= 0.6 is 0 Å².